The van der Waals surface area contributed by atoms with E-state index >= 15 is 0 Å². The summed E-state index contributed by atoms with van der Waals surface area (Å²) in [6.07, 6.45) is 0. The van der Waals surface area contributed by atoms with Gasteiger partial charge < -0.3 is 16.0 Å². The molecule has 0 aliphatic rings. The van der Waals surface area contributed by atoms with E-state index in [1.807, 2.05) is 32.9 Å². The van der Waals surface area contributed by atoms with Crippen LogP contribution in [0.2, 0.25) is 0 Å². The van der Waals surface area contributed by atoms with Gasteiger partial charge in [-0.05, 0) is 44.4 Å². The number of nitro groups is 1. The fraction of sp³-hybridized carbons (Fsp3) is 0.300. The standard InChI is InChI=1S/C20H24N4O4/c1-12-8-13(2)19(14(3)9-12)23-18(25)11-21-20(26)22-15(4)16-6-5-7-17(10-16)24(27)28/h5-10,15H,11H2,1-4H3,(H,23,25)(H2,21,22,26). The third-order valence-electron chi connectivity index (χ3n) is 4.28. The molecule has 2 aromatic rings. The number of nitrogens with one attached hydrogen (secondary N) is 3. The maximum atomic E-state index is 12.2. The van der Waals surface area contributed by atoms with Gasteiger partial charge in [-0.2, -0.15) is 0 Å². The minimum Gasteiger partial charge on any atom is -0.332 e. The second-order valence-electron chi connectivity index (χ2n) is 6.72. The molecule has 0 fully saturated rings. The zero-order valence-electron chi connectivity index (χ0n) is 16.3. The first-order valence-corrected chi connectivity index (χ1v) is 8.83. The van der Waals surface area contributed by atoms with Crippen LogP contribution in [0.4, 0.5) is 16.2 Å². The Bertz CT molecular complexity index is 888. The summed E-state index contributed by atoms with van der Waals surface area (Å²) in [5.74, 6) is -0.340. The summed E-state index contributed by atoms with van der Waals surface area (Å²) >= 11 is 0. The molecule has 2 aromatic carbocycles. The van der Waals surface area contributed by atoms with Crippen LogP contribution in [-0.2, 0) is 4.79 Å². The van der Waals surface area contributed by atoms with Crippen LogP contribution in [0.3, 0.4) is 0 Å². The van der Waals surface area contributed by atoms with Crippen LogP contribution in [-0.4, -0.2) is 23.4 Å². The maximum absolute atomic E-state index is 12.2. The van der Waals surface area contributed by atoms with Gasteiger partial charge in [0.05, 0.1) is 17.5 Å². The van der Waals surface area contributed by atoms with Crippen molar-refractivity contribution in [2.45, 2.75) is 33.7 Å². The van der Waals surface area contributed by atoms with Crippen LogP contribution in [0.5, 0.6) is 0 Å². The Morgan fingerprint density at radius 3 is 2.36 bits per heavy atom. The van der Waals surface area contributed by atoms with E-state index in [0.29, 0.717) is 5.56 Å². The van der Waals surface area contributed by atoms with Crippen molar-refractivity contribution in [1.29, 1.82) is 0 Å². The topological polar surface area (TPSA) is 113 Å². The number of nitro benzene ring substituents is 1. The number of amides is 3. The molecule has 0 aromatic heterocycles. The zero-order chi connectivity index (χ0) is 20.8. The quantitative estimate of drug-likeness (QED) is 0.522. The lowest BCUT2D eigenvalue weighted by atomic mass is 10.1. The number of rotatable bonds is 6. The van der Waals surface area contributed by atoms with E-state index in [1.54, 1.807) is 19.1 Å². The molecule has 0 aliphatic heterocycles. The average molecular weight is 384 g/mol. The lowest BCUT2D eigenvalue weighted by molar-refractivity contribution is -0.384. The smallest absolute Gasteiger partial charge is 0.315 e. The van der Waals surface area contributed by atoms with Gasteiger partial charge in [-0.25, -0.2) is 4.79 Å². The summed E-state index contributed by atoms with van der Waals surface area (Å²) in [5, 5.41) is 18.8. The van der Waals surface area contributed by atoms with Crippen LogP contribution in [0, 0.1) is 30.9 Å². The molecule has 8 heteroatoms. The predicted molar refractivity (Wildman–Crippen MR) is 107 cm³/mol. The van der Waals surface area contributed by atoms with Gasteiger partial charge in [0.15, 0.2) is 0 Å². The van der Waals surface area contributed by atoms with Gasteiger partial charge in [-0.3, -0.25) is 14.9 Å². The van der Waals surface area contributed by atoms with E-state index in [1.165, 1.54) is 12.1 Å². The number of hydrogen-bond acceptors (Lipinski definition) is 4. The fourth-order valence-electron chi connectivity index (χ4n) is 2.96. The predicted octanol–water partition coefficient (Wildman–Crippen LogP) is 3.52. The summed E-state index contributed by atoms with van der Waals surface area (Å²) < 4.78 is 0. The minimum atomic E-state index is -0.536. The number of carbonyl (C=O) groups excluding carboxylic acids is 2. The van der Waals surface area contributed by atoms with Crippen molar-refractivity contribution in [1.82, 2.24) is 10.6 Å². The maximum Gasteiger partial charge on any atom is 0.315 e. The van der Waals surface area contributed by atoms with E-state index in [2.05, 4.69) is 16.0 Å². The van der Waals surface area contributed by atoms with Gasteiger partial charge in [0.1, 0.15) is 0 Å². The molecule has 28 heavy (non-hydrogen) atoms. The van der Waals surface area contributed by atoms with Crippen LogP contribution in [0.15, 0.2) is 36.4 Å². The number of nitrogens with zero attached hydrogens (tertiary/aromatic N) is 1. The van der Waals surface area contributed by atoms with E-state index in [9.17, 15) is 19.7 Å². The number of anilines is 1. The van der Waals surface area contributed by atoms with Crippen LogP contribution in [0.25, 0.3) is 0 Å². The van der Waals surface area contributed by atoms with E-state index in [-0.39, 0.29) is 18.1 Å². The van der Waals surface area contributed by atoms with E-state index in [4.69, 9.17) is 0 Å². The molecule has 0 heterocycles. The molecule has 2 rings (SSSR count). The molecular formula is C20H24N4O4. The summed E-state index contributed by atoms with van der Waals surface area (Å²) in [7, 11) is 0. The Hall–Kier alpha value is -3.42. The van der Waals surface area contributed by atoms with Gasteiger partial charge in [0.25, 0.3) is 5.69 Å². The van der Waals surface area contributed by atoms with Gasteiger partial charge in [0, 0.05) is 17.8 Å². The summed E-state index contributed by atoms with van der Waals surface area (Å²) in [4.78, 5) is 34.6. The third kappa shape index (κ3) is 5.54. The molecule has 0 saturated carbocycles. The van der Waals surface area contributed by atoms with Crippen molar-refractivity contribution in [2.24, 2.45) is 0 Å². The second kappa shape index (κ2) is 8.98. The first-order valence-electron chi connectivity index (χ1n) is 8.83. The fourth-order valence-corrected chi connectivity index (χ4v) is 2.96. The Morgan fingerprint density at radius 2 is 1.75 bits per heavy atom. The lowest BCUT2D eigenvalue weighted by Crippen LogP contribution is -2.41. The van der Waals surface area contributed by atoms with E-state index in [0.717, 1.165) is 22.4 Å². The van der Waals surface area contributed by atoms with Gasteiger partial charge in [0.2, 0.25) is 5.91 Å². The molecule has 3 amide bonds. The van der Waals surface area contributed by atoms with Crippen molar-refractivity contribution >= 4 is 23.3 Å². The molecule has 0 bridgehead atoms. The Morgan fingerprint density at radius 1 is 1.11 bits per heavy atom. The molecule has 8 nitrogen and oxygen atoms in total. The first kappa shape index (κ1) is 20.9. The highest BCUT2D eigenvalue weighted by atomic mass is 16.6. The number of non-ortho nitro benzene ring substituents is 1. The van der Waals surface area contributed by atoms with Gasteiger partial charge >= 0.3 is 6.03 Å². The second-order valence-corrected chi connectivity index (χ2v) is 6.72. The van der Waals surface area contributed by atoms with E-state index < -0.39 is 17.0 Å². The van der Waals surface area contributed by atoms with Crippen LogP contribution < -0.4 is 16.0 Å². The number of carbonyl (C=O) groups is 2. The molecule has 3 N–H and O–H groups in total. The van der Waals surface area contributed by atoms with Crippen molar-refractivity contribution in [3.05, 3.63) is 68.8 Å². The first-order chi connectivity index (χ1) is 13.2. The number of aryl methyl sites for hydroxylation is 3. The highest BCUT2D eigenvalue weighted by molar-refractivity contribution is 5.95. The molecule has 0 aliphatic carbocycles. The summed E-state index contributed by atoms with van der Waals surface area (Å²) in [6, 6.07) is 9.00. The molecule has 148 valence electrons. The Balaban J connectivity index is 1.89. The Labute approximate surface area is 163 Å². The number of benzene rings is 2. The summed E-state index contributed by atoms with van der Waals surface area (Å²) in [6.45, 7) is 7.32. The average Bonchev–Trinajstić information content (AvgIpc) is 2.63. The summed E-state index contributed by atoms with van der Waals surface area (Å²) in [5.41, 5.74) is 4.31. The minimum absolute atomic E-state index is 0.0465. The monoisotopic (exact) mass is 384 g/mol. The Kier molecular flexibility index (Phi) is 6.70. The molecule has 0 spiro atoms. The highest BCUT2D eigenvalue weighted by Gasteiger charge is 2.14. The van der Waals surface area contributed by atoms with Gasteiger partial charge in [-0.15, -0.1) is 0 Å². The molecule has 0 saturated heterocycles. The van der Waals surface area contributed by atoms with Crippen molar-refractivity contribution in [3.63, 3.8) is 0 Å². The zero-order valence-corrected chi connectivity index (χ0v) is 16.3. The molecule has 0 radical (unpaired) electrons. The molecule has 1 unspecified atom stereocenters. The normalized spacial score (nSPS) is 11.4. The number of urea groups is 1. The SMILES string of the molecule is Cc1cc(C)c(NC(=O)CNC(=O)NC(C)c2cccc([N+](=O)[O-])c2)c(C)c1. The van der Waals surface area contributed by atoms with Crippen molar-refractivity contribution in [2.75, 3.05) is 11.9 Å². The number of hydrogen-bond donors (Lipinski definition) is 3. The van der Waals surface area contributed by atoms with Crippen LogP contribution in [0.1, 0.15) is 35.2 Å². The van der Waals surface area contributed by atoms with Crippen LogP contribution >= 0.6 is 0 Å². The molecular weight excluding hydrogens is 360 g/mol. The third-order valence-corrected chi connectivity index (χ3v) is 4.28. The largest absolute Gasteiger partial charge is 0.332 e. The molecule has 1 atom stereocenters. The lowest BCUT2D eigenvalue weighted by Gasteiger charge is -2.16. The van der Waals surface area contributed by atoms with Crippen molar-refractivity contribution < 1.29 is 14.5 Å². The van der Waals surface area contributed by atoms with Gasteiger partial charge in [-0.1, -0.05) is 29.8 Å². The highest BCUT2D eigenvalue weighted by Crippen LogP contribution is 2.22. The van der Waals surface area contributed by atoms with Crippen molar-refractivity contribution in [3.8, 4) is 0 Å².